The molecule has 2 heteroatoms. The molecular weight excluding hydrogens is 641 g/mol. The lowest BCUT2D eigenvalue weighted by Gasteiger charge is -2.22. The summed E-state index contributed by atoms with van der Waals surface area (Å²) in [7, 11) is 0. The van der Waals surface area contributed by atoms with Gasteiger partial charge in [-0.3, -0.25) is 0 Å². The molecule has 0 spiro atoms. The van der Waals surface area contributed by atoms with E-state index in [2.05, 4.69) is 184 Å². The molecule has 53 heavy (non-hydrogen) atoms. The molecule has 1 aliphatic rings. The van der Waals surface area contributed by atoms with Crippen LogP contribution in [-0.4, -0.2) is 24.0 Å². The van der Waals surface area contributed by atoms with Crippen molar-refractivity contribution in [3.05, 3.63) is 152 Å². The molecule has 268 valence electrons. The second-order valence-electron chi connectivity index (χ2n) is 16.0. The molecule has 1 heterocycles. The Morgan fingerprint density at radius 3 is 1.00 bits per heavy atom. The summed E-state index contributed by atoms with van der Waals surface area (Å²) in [5.74, 6) is 0. The molecular formula is C51H55N2+. The van der Waals surface area contributed by atoms with Crippen LogP contribution in [0, 0.1) is 83.1 Å². The van der Waals surface area contributed by atoms with Gasteiger partial charge in [-0.2, -0.15) is 0 Å². The maximum absolute atomic E-state index is 2.55. The van der Waals surface area contributed by atoms with Crippen molar-refractivity contribution in [1.29, 1.82) is 0 Å². The summed E-state index contributed by atoms with van der Waals surface area (Å²) >= 11 is 0. The van der Waals surface area contributed by atoms with E-state index in [-0.39, 0.29) is 0 Å². The van der Waals surface area contributed by atoms with Crippen molar-refractivity contribution in [2.75, 3.05) is 18.0 Å². The summed E-state index contributed by atoms with van der Waals surface area (Å²) in [6.07, 6.45) is 2.42. The third-order valence-corrected chi connectivity index (χ3v) is 11.3. The van der Waals surface area contributed by atoms with Gasteiger partial charge in [-0.1, -0.05) is 107 Å². The third-order valence-electron chi connectivity index (χ3n) is 11.3. The molecule has 2 nitrogen and oxygen atoms in total. The van der Waals surface area contributed by atoms with E-state index in [0.717, 1.165) is 13.1 Å². The normalized spacial score (nSPS) is 12.8. The monoisotopic (exact) mass is 695 g/mol. The molecule has 6 aromatic rings. The number of hydrogen-bond donors (Lipinski definition) is 0. The van der Waals surface area contributed by atoms with Crippen LogP contribution in [0.3, 0.4) is 0 Å². The summed E-state index contributed by atoms with van der Waals surface area (Å²) in [5.41, 5.74) is 28.8. The van der Waals surface area contributed by atoms with Gasteiger partial charge in [0.25, 0.3) is 0 Å². The smallest absolute Gasteiger partial charge is 0.228 e. The first kappa shape index (κ1) is 36.2. The fourth-order valence-electron chi connectivity index (χ4n) is 9.77. The van der Waals surface area contributed by atoms with Crippen molar-refractivity contribution in [2.45, 2.75) is 83.1 Å². The molecule has 0 fully saturated rings. The number of para-hydroxylation sites is 2. The predicted molar refractivity (Wildman–Crippen MR) is 230 cm³/mol. The molecule has 0 saturated heterocycles. The number of benzene rings is 6. The van der Waals surface area contributed by atoms with Gasteiger partial charge in [-0.05, 0) is 150 Å². The van der Waals surface area contributed by atoms with E-state index in [1.54, 1.807) is 0 Å². The first-order valence-corrected chi connectivity index (χ1v) is 19.2. The van der Waals surface area contributed by atoms with Gasteiger partial charge in [-0.15, -0.1) is 0 Å². The maximum Gasteiger partial charge on any atom is 0.244 e. The third kappa shape index (κ3) is 6.54. The van der Waals surface area contributed by atoms with E-state index in [1.807, 2.05) is 0 Å². The lowest BCUT2D eigenvalue weighted by atomic mass is 9.87. The van der Waals surface area contributed by atoms with Crippen molar-refractivity contribution >= 4 is 17.7 Å². The van der Waals surface area contributed by atoms with Crippen molar-refractivity contribution in [3.8, 4) is 44.5 Å². The van der Waals surface area contributed by atoms with Crippen LogP contribution in [-0.2, 0) is 0 Å². The molecule has 0 bridgehead atoms. The van der Waals surface area contributed by atoms with Gasteiger partial charge in [0.1, 0.15) is 24.5 Å². The Morgan fingerprint density at radius 2 is 0.679 bits per heavy atom. The number of aryl methyl sites for hydroxylation is 12. The standard InChI is InChI=1S/C51H55N2/c1-30-21-34(5)46(35(6)22-30)42-15-13-16-43(47-36(7)23-31(2)24-37(47)8)50(42)52-19-20-53(29-52)51-44(48-38(9)25-32(3)26-39(48)10)17-14-18-45(51)49-40(11)27-33(4)28-41(49)12/h13-18,21-29H,19-20H2,1-12H3/q+1. The second kappa shape index (κ2) is 14.0. The summed E-state index contributed by atoms with van der Waals surface area (Å²) < 4.78 is 2.55. The van der Waals surface area contributed by atoms with Gasteiger partial charge in [0.2, 0.25) is 6.34 Å². The van der Waals surface area contributed by atoms with Gasteiger partial charge < -0.3 is 0 Å². The number of nitrogens with zero attached hydrogens (tertiary/aromatic N) is 2. The summed E-state index contributed by atoms with van der Waals surface area (Å²) in [6, 6.07) is 32.6. The lowest BCUT2D eigenvalue weighted by molar-refractivity contribution is -0.422. The topological polar surface area (TPSA) is 6.25 Å². The summed E-state index contributed by atoms with van der Waals surface area (Å²) in [5, 5.41) is 0. The Morgan fingerprint density at radius 1 is 0.396 bits per heavy atom. The predicted octanol–water partition coefficient (Wildman–Crippen LogP) is 13.2. The van der Waals surface area contributed by atoms with E-state index in [1.165, 1.54) is 123 Å². The van der Waals surface area contributed by atoms with Crippen LogP contribution in [0.5, 0.6) is 0 Å². The van der Waals surface area contributed by atoms with Gasteiger partial charge in [0.05, 0.1) is 0 Å². The molecule has 0 amide bonds. The highest BCUT2D eigenvalue weighted by atomic mass is 15.3. The summed E-state index contributed by atoms with van der Waals surface area (Å²) in [6.45, 7) is 28.8. The van der Waals surface area contributed by atoms with Crippen LogP contribution >= 0.6 is 0 Å². The molecule has 6 aromatic carbocycles. The van der Waals surface area contributed by atoms with Crippen molar-refractivity contribution in [3.63, 3.8) is 0 Å². The second-order valence-corrected chi connectivity index (χ2v) is 16.0. The van der Waals surface area contributed by atoms with Crippen molar-refractivity contribution < 1.29 is 4.58 Å². The average molecular weight is 696 g/mol. The molecule has 0 saturated carbocycles. The molecule has 1 aliphatic heterocycles. The molecule has 0 aliphatic carbocycles. The highest BCUT2D eigenvalue weighted by molar-refractivity contribution is 6.00. The number of anilines is 1. The first-order valence-electron chi connectivity index (χ1n) is 19.2. The minimum atomic E-state index is 0.878. The van der Waals surface area contributed by atoms with Gasteiger partial charge in [0, 0.05) is 22.3 Å². The van der Waals surface area contributed by atoms with E-state index in [9.17, 15) is 0 Å². The fraction of sp³-hybridized carbons (Fsp3) is 0.275. The van der Waals surface area contributed by atoms with E-state index in [4.69, 9.17) is 0 Å². The Balaban J connectivity index is 1.54. The molecule has 0 aromatic heterocycles. The highest BCUT2D eigenvalue weighted by Crippen LogP contribution is 2.47. The van der Waals surface area contributed by atoms with Crippen molar-refractivity contribution in [1.82, 2.24) is 0 Å². The van der Waals surface area contributed by atoms with Crippen LogP contribution < -0.4 is 4.90 Å². The Hall–Kier alpha value is -5.21. The fourth-order valence-corrected chi connectivity index (χ4v) is 9.77. The minimum absolute atomic E-state index is 0.878. The molecule has 0 unspecified atom stereocenters. The average Bonchev–Trinajstić information content (AvgIpc) is 3.53. The molecule has 0 N–H and O–H groups in total. The Kier molecular flexibility index (Phi) is 9.53. The molecule has 0 atom stereocenters. The zero-order valence-corrected chi connectivity index (χ0v) is 34.0. The SMILES string of the molecule is Cc1cc(C)c(-c2cccc(-c3c(C)cc(C)cc3C)c2N2C=[N+](c3c(-c4c(C)cc(C)cc4C)cccc3-c3c(C)cc(C)cc3C)CC2)c(C)c1. The van der Waals surface area contributed by atoms with E-state index >= 15 is 0 Å². The van der Waals surface area contributed by atoms with Crippen LogP contribution in [0.2, 0.25) is 0 Å². The quantitative estimate of drug-likeness (QED) is 0.157. The Labute approximate surface area is 318 Å². The van der Waals surface area contributed by atoms with Gasteiger partial charge in [0.15, 0.2) is 0 Å². The number of rotatable bonds is 6. The Bertz CT molecular complexity index is 2230. The van der Waals surface area contributed by atoms with Gasteiger partial charge >= 0.3 is 0 Å². The van der Waals surface area contributed by atoms with Crippen LogP contribution in [0.4, 0.5) is 11.4 Å². The highest BCUT2D eigenvalue weighted by Gasteiger charge is 2.33. The number of hydrogen-bond acceptors (Lipinski definition) is 1. The van der Waals surface area contributed by atoms with Gasteiger partial charge in [-0.25, -0.2) is 9.48 Å². The largest absolute Gasteiger partial charge is 0.244 e. The molecule has 0 radical (unpaired) electrons. The zero-order chi connectivity index (χ0) is 37.9. The zero-order valence-electron chi connectivity index (χ0n) is 34.0. The summed E-state index contributed by atoms with van der Waals surface area (Å²) in [4.78, 5) is 2.55. The maximum atomic E-state index is 2.55. The minimum Gasteiger partial charge on any atom is -0.228 e. The first-order chi connectivity index (χ1) is 25.2. The van der Waals surface area contributed by atoms with Crippen molar-refractivity contribution in [2.24, 2.45) is 0 Å². The lowest BCUT2D eigenvalue weighted by Crippen LogP contribution is -2.20. The van der Waals surface area contributed by atoms with E-state index in [0.29, 0.717) is 0 Å². The van der Waals surface area contributed by atoms with Crippen LogP contribution in [0.15, 0.2) is 84.9 Å². The van der Waals surface area contributed by atoms with Crippen LogP contribution in [0.1, 0.15) is 66.8 Å². The van der Waals surface area contributed by atoms with Crippen LogP contribution in [0.25, 0.3) is 44.5 Å². The van der Waals surface area contributed by atoms with E-state index < -0.39 is 0 Å². The molecule has 7 rings (SSSR count).